The summed E-state index contributed by atoms with van der Waals surface area (Å²) in [5.74, 6) is -0.0496. The largest absolute Gasteiger partial charge is 0.352 e. The first kappa shape index (κ1) is 15.9. The number of Topliss-reactive ketones (excluding diaryl/α,β-unsaturated/α-hetero) is 1. The number of benzene rings is 2. The second-order valence-corrected chi connectivity index (χ2v) is 5.73. The Bertz CT molecular complexity index is 898. The Morgan fingerprint density at radius 2 is 1.88 bits per heavy atom. The van der Waals surface area contributed by atoms with Crippen LogP contribution in [0.25, 0.3) is 10.8 Å². The number of carbonyl (C=O) groups is 2. The summed E-state index contributed by atoms with van der Waals surface area (Å²) in [6, 6.07) is 15.2. The number of amides is 1. The standard InChI is InChI=1S/C20H18N2O2/c1-14(23)16-7-4-5-15(9-16)11-22-20(24)10-18-13-21-12-17-6-2-3-8-19(17)18/h2-9,12-13H,10-11H2,1H3,(H,22,24). The number of rotatable bonds is 5. The van der Waals surface area contributed by atoms with Crippen LogP contribution in [0, 0.1) is 0 Å². The van der Waals surface area contributed by atoms with Crippen molar-refractivity contribution in [1.29, 1.82) is 0 Å². The van der Waals surface area contributed by atoms with E-state index >= 15 is 0 Å². The number of ketones is 1. The third-order valence-electron chi connectivity index (χ3n) is 3.92. The van der Waals surface area contributed by atoms with E-state index in [1.807, 2.05) is 42.5 Å². The molecule has 0 fully saturated rings. The van der Waals surface area contributed by atoms with E-state index in [9.17, 15) is 9.59 Å². The molecule has 0 saturated heterocycles. The molecule has 4 heteroatoms. The molecule has 0 aliphatic carbocycles. The van der Waals surface area contributed by atoms with E-state index in [-0.39, 0.29) is 18.1 Å². The molecule has 0 aliphatic heterocycles. The van der Waals surface area contributed by atoms with E-state index < -0.39 is 0 Å². The van der Waals surface area contributed by atoms with Gasteiger partial charge in [0.05, 0.1) is 6.42 Å². The van der Waals surface area contributed by atoms with Gasteiger partial charge in [0.1, 0.15) is 0 Å². The zero-order valence-corrected chi connectivity index (χ0v) is 13.5. The van der Waals surface area contributed by atoms with E-state index in [0.29, 0.717) is 12.1 Å². The van der Waals surface area contributed by atoms with Crippen LogP contribution in [0.3, 0.4) is 0 Å². The molecular formula is C20H18N2O2. The number of nitrogens with one attached hydrogen (secondary N) is 1. The van der Waals surface area contributed by atoms with Gasteiger partial charge in [-0.05, 0) is 29.5 Å². The summed E-state index contributed by atoms with van der Waals surface area (Å²) in [6.07, 6.45) is 3.81. The van der Waals surface area contributed by atoms with E-state index in [4.69, 9.17) is 0 Å². The summed E-state index contributed by atoms with van der Waals surface area (Å²) in [6.45, 7) is 1.93. The molecule has 0 spiro atoms. The lowest BCUT2D eigenvalue weighted by Crippen LogP contribution is -2.24. The van der Waals surface area contributed by atoms with E-state index in [2.05, 4.69) is 10.3 Å². The quantitative estimate of drug-likeness (QED) is 0.734. The van der Waals surface area contributed by atoms with Gasteiger partial charge in [0.25, 0.3) is 0 Å². The molecule has 0 saturated carbocycles. The normalized spacial score (nSPS) is 10.5. The number of nitrogens with zero attached hydrogens (tertiary/aromatic N) is 1. The molecule has 1 heterocycles. The summed E-state index contributed by atoms with van der Waals surface area (Å²) in [5.41, 5.74) is 2.47. The van der Waals surface area contributed by atoms with Crippen molar-refractivity contribution < 1.29 is 9.59 Å². The molecule has 1 amide bonds. The van der Waals surface area contributed by atoms with E-state index in [1.54, 1.807) is 18.5 Å². The van der Waals surface area contributed by atoms with Crippen molar-refractivity contribution in [1.82, 2.24) is 10.3 Å². The molecule has 3 rings (SSSR count). The van der Waals surface area contributed by atoms with Gasteiger partial charge in [-0.25, -0.2) is 0 Å². The number of aromatic nitrogens is 1. The minimum atomic E-state index is -0.0682. The number of fused-ring (bicyclic) bond motifs is 1. The van der Waals surface area contributed by atoms with Crippen LogP contribution < -0.4 is 5.32 Å². The van der Waals surface area contributed by atoms with Crippen LogP contribution in [0.5, 0.6) is 0 Å². The molecule has 0 unspecified atom stereocenters. The fourth-order valence-electron chi connectivity index (χ4n) is 2.66. The highest BCUT2D eigenvalue weighted by Crippen LogP contribution is 2.17. The van der Waals surface area contributed by atoms with Gasteiger partial charge < -0.3 is 5.32 Å². The van der Waals surface area contributed by atoms with Gasteiger partial charge in [0, 0.05) is 29.9 Å². The lowest BCUT2D eigenvalue weighted by Gasteiger charge is -2.08. The second-order valence-electron chi connectivity index (χ2n) is 5.73. The highest BCUT2D eigenvalue weighted by atomic mass is 16.1. The van der Waals surface area contributed by atoms with Crippen molar-refractivity contribution in [2.45, 2.75) is 19.9 Å². The lowest BCUT2D eigenvalue weighted by atomic mass is 10.1. The van der Waals surface area contributed by atoms with Gasteiger partial charge in [0.15, 0.2) is 5.78 Å². The monoisotopic (exact) mass is 318 g/mol. The van der Waals surface area contributed by atoms with Gasteiger partial charge in [-0.2, -0.15) is 0 Å². The van der Waals surface area contributed by atoms with Crippen molar-refractivity contribution in [2.24, 2.45) is 0 Å². The van der Waals surface area contributed by atoms with Gasteiger partial charge in [-0.3, -0.25) is 14.6 Å². The van der Waals surface area contributed by atoms with Crippen LogP contribution in [0.15, 0.2) is 60.9 Å². The molecule has 0 radical (unpaired) electrons. The Hall–Kier alpha value is -3.01. The van der Waals surface area contributed by atoms with Crippen LogP contribution in [0.4, 0.5) is 0 Å². The molecular weight excluding hydrogens is 300 g/mol. The zero-order valence-electron chi connectivity index (χ0n) is 13.5. The summed E-state index contributed by atoms with van der Waals surface area (Å²) in [7, 11) is 0. The highest BCUT2D eigenvalue weighted by Gasteiger charge is 2.08. The molecule has 4 nitrogen and oxygen atoms in total. The molecule has 1 aromatic heterocycles. The fourth-order valence-corrected chi connectivity index (χ4v) is 2.66. The van der Waals surface area contributed by atoms with Crippen molar-refractivity contribution in [3.63, 3.8) is 0 Å². The first-order valence-corrected chi connectivity index (χ1v) is 7.81. The Morgan fingerprint density at radius 1 is 1.04 bits per heavy atom. The van der Waals surface area contributed by atoms with Crippen molar-refractivity contribution in [3.05, 3.63) is 77.6 Å². The fraction of sp³-hybridized carbons (Fsp3) is 0.150. The highest BCUT2D eigenvalue weighted by molar-refractivity contribution is 5.94. The van der Waals surface area contributed by atoms with Crippen molar-refractivity contribution in [3.8, 4) is 0 Å². The van der Waals surface area contributed by atoms with Crippen LogP contribution in [0.1, 0.15) is 28.4 Å². The molecule has 0 atom stereocenters. The Balaban J connectivity index is 1.67. The van der Waals surface area contributed by atoms with Crippen LogP contribution >= 0.6 is 0 Å². The topological polar surface area (TPSA) is 59.1 Å². The number of hydrogen-bond acceptors (Lipinski definition) is 3. The van der Waals surface area contributed by atoms with Gasteiger partial charge in [-0.15, -0.1) is 0 Å². The third-order valence-corrected chi connectivity index (χ3v) is 3.92. The Morgan fingerprint density at radius 3 is 2.71 bits per heavy atom. The SMILES string of the molecule is CC(=O)c1cccc(CNC(=O)Cc2cncc3ccccc23)c1. The average Bonchev–Trinajstić information content (AvgIpc) is 2.60. The molecule has 2 aromatic carbocycles. The van der Waals surface area contributed by atoms with Crippen molar-refractivity contribution in [2.75, 3.05) is 0 Å². The Kier molecular flexibility index (Phi) is 4.66. The first-order chi connectivity index (χ1) is 11.6. The number of carbonyl (C=O) groups excluding carboxylic acids is 2. The number of pyridine rings is 1. The average molecular weight is 318 g/mol. The lowest BCUT2D eigenvalue weighted by molar-refractivity contribution is -0.120. The van der Waals surface area contributed by atoms with Crippen LogP contribution in [0.2, 0.25) is 0 Å². The summed E-state index contributed by atoms with van der Waals surface area (Å²) >= 11 is 0. The maximum absolute atomic E-state index is 12.2. The summed E-state index contributed by atoms with van der Waals surface area (Å²) < 4.78 is 0. The predicted molar refractivity (Wildman–Crippen MR) is 93.7 cm³/mol. The molecule has 120 valence electrons. The second kappa shape index (κ2) is 7.04. The van der Waals surface area contributed by atoms with Gasteiger partial charge in [-0.1, -0.05) is 42.5 Å². The minimum absolute atomic E-state index is 0.0185. The molecule has 3 aromatic rings. The van der Waals surface area contributed by atoms with E-state index in [0.717, 1.165) is 21.9 Å². The number of hydrogen-bond donors (Lipinski definition) is 1. The molecule has 0 bridgehead atoms. The predicted octanol–water partition coefficient (Wildman–Crippen LogP) is 3.30. The maximum atomic E-state index is 12.2. The zero-order chi connectivity index (χ0) is 16.9. The Labute approximate surface area is 140 Å². The smallest absolute Gasteiger partial charge is 0.224 e. The minimum Gasteiger partial charge on any atom is -0.352 e. The molecule has 24 heavy (non-hydrogen) atoms. The molecule has 1 N–H and O–H groups in total. The van der Waals surface area contributed by atoms with Gasteiger partial charge >= 0.3 is 0 Å². The van der Waals surface area contributed by atoms with Crippen LogP contribution in [-0.2, 0) is 17.8 Å². The van der Waals surface area contributed by atoms with E-state index in [1.165, 1.54) is 6.92 Å². The van der Waals surface area contributed by atoms with Gasteiger partial charge in [0.2, 0.25) is 5.91 Å². The molecule has 0 aliphatic rings. The van der Waals surface area contributed by atoms with Crippen LogP contribution in [-0.4, -0.2) is 16.7 Å². The van der Waals surface area contributed by atoms with Crippen molar-refractivity contribution >= 4 is 22.5 Å². The maximum Gasteiger partial charge on any atom is 0.224 e. The summed E-state index contributed by atoms with van der Waals surface area (Å²) in [4.78, 5) is 27.8. The third kappa shape index (κ3) is 3.66. The summed E-state index contributed by atoms with van der Waals surface area (Å²) in [5, 5.41) is 4.97. The first-order valence-electron chi connectivity index (χ1n) is 7.81.